The summed E-state index contributed by atoms with van der Waals surface area (Å²) in [6.45, 7) is 0. The van der Waals surface area contributed by atoms with E-state index in [9.17, 15) is 85.3 Å². The first-order valence-corrected chi connectivity index (χ1v) is 19.7. The number of carbonyl (C=O) groups excluding carboxylic acids is 1. The highest BCUT2D eigenvalue weighted by atomic mass is 16.8. The van der Waals surface area contributed by atoms with E-state index in [-0.39, 0.29) is 39.5 Å². The summed E-state index contributed by atoms with van der Waals surface area (Å²) in [4.78, 5) is 61.7. The zero-order chi connectivity index (χ0) is 48.6. The van der Waals surface area contributed by atoms with Crippen molar-refractivity contribution >= 4 is 40.9 Å². The number of carbonyl (C=O) groups is 4. The van der Waals surface area contributed by atoms with Gasteiger partial charge >= 0.3 is 23.9 Å². The molecule has 4 heterocycles. The molecular weight excluding hydrogens is 904 g/mol. The van der Waals surface area contributed by atoms with Gasteiger partial charge in [0.05, 0.1) is 0 Å². The van der Waals surface area contributed by atoms with Crippen LogP contribution >= 0.6 is 0 Å². The van der Waals surface area contributed by atoms with Crippen LogP contribution in [0.1, 0.15) is 5.56 Å². The van der Waals surface area contributed by atoms with Gasteiger partial charge in [-0.05, 0) is 48.0 Å². The average molecular weight is 945 g/mol. The summed E-state index contributed by atoms with van der Waals surface area (Å²) < 4.78 is 44.2. The van der Waals surface area contributed by atoms with E-state index in [0.717, 1.165) is 24.3 Å². The van der Waals surface area contributed by atoms with Crippen LogP contribution in [-0.2, 0) is 42.9 Å². The number of aliphatic carboxylic acids is 3. The highest BCUT2D eigenvalue weighted by molar-refractivity contribution is 5.87. The number of rotatable bonds is 13. The lowest BCUT2D eigenvalue weighted by atomic mass is 9.96. The van der Waals surface area contributed by atoms with E-state index >= 15 is 0 Å². The third-order valence-electron chi connectivity index (χ3n) is 10.7. The number of carboxylic acids is 3. The summed E-state index contributed by atoms with van der Waals surface area (Å²) in [5.74, 6) is -7.84. The summed E-state index contributed by atoms with van der Waals surface area (Å²) >= 11 is 0. The van der Waals surface area contributed by atoms with Gasteiger partial charge in [-0.3, -0.25) is 4.79 Å². The van der Waals surface area contributed by atoms with Gasteiger partial charge in [0.15, 0.2) is 42.2 Å². The first kappa shape index (κ1) is 48.2. The van der Waals surface area contributed by atoms with Gasteiger partial charge in [-0.15, -0.1) is 0 Å². The van der Waals surface area contributed by atoms with E-state index in [2.05, 4.69) is 0 Å². The third kappa shape index (κ3) is 10.2. The van der Waals surface area contributed by atoms with Crippen LogP contribution in [0.25, 0.3) is 28.4 Å². The van der Waals surface area contributed by atoms with Crippen molar-refractivity contribution in [3.8, 4) is 34.3 Å². The fraction of sp³-hybridized carbons (Fsp3) is 0.357. The van der Waals surface area contributed by atoms with Crippen LogP contribution in [0.5, 0.6) is 23.0 Å². The third-order valence-corrected chi connectivity index (χ3v) is 10.7. The molecule has 0 unspecified atom stereocenters. The molecule has 7 rings (SSSR count). The normalized spacial score (nSPS) is 32.1. The summed E-state index contributed by atoms with van der Waals surface area (Å²) in [5, 5.41) is 123. The molecular formula is C42H40O25. The first-order chi connectivity index (χ1) is 31.7. The number of hydrogen-bond acceptors (Lipinski definition) is 22. The number of phenolic OH excluding ortho intramolecular Hbond substituents is 2. The molecule has 0 aliphatic carbocycles. The van der Waals surface area contributed by atoms with Gasteiger partial charge in [-0.1, -0.05) is 12.1 Å². The van der Waals surface area contributed by atoms with Gasteiger partial charge in [0.25, 0.3) is 0 Å². The number of fused-ring (bicyclic) bond motifs is 1. The highest BCUT2D eigenvalue weighted by Crippen LogP contribution is 2.36. The number of aliphatic hydroxyl groups excluding tert-OH is 7. The van der Waals surface area contributed by atoms with Crippen LogP contribution < -0.4 is 14.9 Å². The highest BCUT2D eigenvalue weighted by Gasteiger charge is 2.55. The van der Waals surface area contributed by atoms with Crippen LogP contribution in [0.15, 0.2) is 82.0 Å². The van der Waals surface area contributed by atoms with Crippen LogP contribution in [0.4, 0.5) is 0 Å². The van der Waals surface area contributed by atoms with Crippen molar-refractivity contribution in [3.63, 3.8) is 0 Å². The summed E-state index contributed by atoms with van der Waals surface area (Å²) in [5.41, 5.74) is -0.502. The molecule has 0 saturated carbocycles. The average Bonchev–Trinajstić information content (AvgIpc) is 3.27. The second kappa shape index (κ2) is 19.6. The van der Waals surface area contributed by atoms with Crippen molar-refractivity contribution in [1.82, 2.24) is 0 Å². The fourth-order valence-corrected chi connectivity index (χ4v) is 7.20. The Morgan fingerprint density at radius 2 is 1.10 bits per heavy atom. The minimum Gasteiger partial charge on any atom is -0.508 e. The van der Waals surface area contributed by atoms with Crippen molar-refractivity contribution in [3.05, 3.63) is 88.6 Å². The summed E-state index contributed by atoms with van der Waals surface area (Å²) in [6, 6.07) is 13.6. The van der Waals surface area contributed by atoms with Crippen LogP contribution in [0, 0.1) is 0 Å². The first-order valence-electron chi connectivity index (χ1n) is 19.7. The van der Waals surface area contributed by atoms with Crippen LogP contribution in [0.3, 0.4) is 0 Å². The lowest BCUT2D eigenvalue weighted by Gasteiger charge is -2.45. The monoisotopic (exact) mass is 944 g/mol. The molecule has 3 fully saturated rings. The van der Waals surface area contributed by atoms with Gasteiger partial charge < -0.3 is 98.9 Å². The predicted octanol–water partition coefficient (Wildman–Crippen LogP) is -2.41. The quantitative estimate of drug-likeness (QED) is 0.0491. The molecule has 0 amide bonds. The zero-order valence-corrected chi connectivity index (χ0v) is 33.8. The van der Waals surface area contributed by atoms with Crippen molar-refractivity contribution in [2.45, 2.75) is 92.1 Å². The molecule has 3 aromatic carbocycles. The Kier molecular flexibility index (Phi) is 14.1. The second-order valence-electron chi connectivity index (χ2n) is 15.2. The van der Waals surface area contributed by atoms with E-state index in [1.165, 1.54) is 54.6 Å². The van der Waals surface area contributed by atoms with E-state index in [1.54, 1.807) is 0 Å². The molecule has 15 atom stereocenters. The molecule has 1 aromatic heterocycles. The van der Waals surface area contributed by atoms with E-state index in [4.69, 9.17) is 37.6 Å². The lowest BCUT2D eigenvalue weighted by molar-refractivity contribution is -0.350. The minimum absolute atomic E-state index is 0.0675. The van der Waals surface area contributed by atoms with Gasteiger partial charge in [0.1, 0.15) is 82.5 Å². The fourth-order valence-electron chi connectivity index (χ4n) is 7.20. The van der Waals surface area contributed by atoms with Gasteiger partial charge in [-0.2, -0.15) is 0 Å². The largest absolute Gasteiger partial charge is 0.508 e. The second-order valence-corrected chi connectivity index (χ2v) is 15.2. The molecule has 25 heteroatoms. The number of carboxylic acid groups (broad SMARTS) is 3. The summed E-state index contributed by atoms with van der Waals surface area (Å²) in [6.07, 6.45) is -29.4. The van der Waals surface area contributed by atoms with E-state index < -0.39 is 127 Å². The van der Waals surface area contributed by atoms with E-state index in [1.807, 2.05) is 0 Å². The minimum atomic E-state index is -2.24. The van der Waals surface area contributed by atoms with Crippen molar-refractivity contribution in [2.75, 3.05) is 0 Å². The standard InChI is InChI=1S/C42H40O25/c43-16-6-1-14(2-7-16)3-10-23(46)63-35-29(51)27(49)34(39(58)59)66-42(35)67-36-30(52)28(50)33(38(56)57)65-41(36)60-17-8-4-15(5-9-17)21-13-20(45)24-19(44)11-18(12-22(24)62-21)61-40-31(53)25(47)26(48)32(64-40)37(54)55/h1-13,25-36,40-44,47-53H,(H,54,55)(H,56,57)(H,58,59)/b10-3+/t25-,26-,27-,28-,29-,30-,31+,32-,33-,34-,35+,36-,40+,41+,42-/m0/s1. The molecule has 67 heavy (non-hydrogen) atoms. The maximum absolute atomic E-state index is 13.2. The Bertz CT molecular complexity index is 2560. The molecule has 3 aliphatic heterocycles. The Labute approximate surface area is 373 Å². The van der Waals surface area contributed by atoms with Gasteiger partial charge in [-0.25, -0.2) is 19.2 Å². The Hall–Kier alpha value is -6.75. The molecule has 3 saturated heterocycles. The summed E-state index contributed by atoms with van der Waals surface area (Å²) in [7, 11) is 0. The molecule has 0 spiro atoms. The number of phenols is 2. The topological polar surface area (TPSA) is 406 Å². The molecule has 358 valence electrons. The number of aliphatic hydroxyl groups is 7. The number of esters is 1. The zero-order valence-electron chi connectivity index (χ0n) is 33.8. The Morgan fingerprint density at radius 3 is 1.70 bits per heavy atom. The molecule has 3 aliphatic rings. The number of ether oxygens (including phenoxy) is 7. The molecule has 0 bridgehead atoms. The van der Waals surface area contributed by atoms with Gasteiger partial charge in [0.2, 0.25) is 12.6 Å². The van der Waals surface area contributed by atoms with Gasteiger partial charge in [0, 0.05) is 29.8 Å². The smallest absolute Gasteiger partial charge is 0.335 e. The van der Waals surface area contributed by atoms with Crippen LogP contribution in [0.2, 0.25) is 0 Å². The van der Waals surface area contributed by atoms with Crippen molar-refractivity contribution < 1.29 is 118 Å². The number of benzene rings is 3. The predicted molar refractivity (Wildman–Crippen MR) is 214 cm³/mol. The molecule has 0 radical (unpaired) electrons. The Balaban J connectivity index is 1.13. The number of aromatic hydroxyl groups is 2. The molecule has 25 nitrogen and oxygen atoms in total. The Morgan fingerprint density at radius 1 is 0.567 bits per heavy atom. The van der Waals surface area contributed by atoms with Crippen molar-refractivity contribution in [1.29, 1.82) is 0 Å². The van der Waals surface area contributed by atoms with Crippen LogP contribution in [-0.4, -0.2) is 177 Å². The maximum atomic E-state index is 13.2. The maximum Gasteiger partial charge on any atom is 0.335 e. The van der Waals surface area contributed by atoms with Crippen molar-refractivity contribution in [2.24, 2.45) is 0 Å². The number of hydrogen-bond donors (Lipinski definition) is 12. The SMILES string of the molecule is O=C(/C=C/c1ccc(O)cc1)O[C@H]1[C@H](O[C@@H]2[C@H](Oc3ccc(-c4cc(=O)c5c(O)cc(O[C@@H]6O[C@H](C(=O)O)[C@@H](O)[C@H](O)[C@H]6O)cc5o4)cc3)O[C@H](C(=O)O)[C@@H](O)[C@@H]2O)O[C@H](C(=O)O)[C@@H](O)[C@@H]1O. The lowest BCUT2D eigenvalue weighted by Crippen LogP contribution is -2.66. The van der Waals surface area contributed by atoms with E-state index in [0.29, 0.717) is 5.56 Å². The molecule has 12 N–H and O–H groups in total. The molecule has 4 aromatic rings.